The van der Waals surface area contributed by atoms with Gasteiger partial charge in [0.25, 0.3) is 5.91 Å². The maximum atomic E-state index is 12.8. The lowest BCUT2D eigenvalue weighted by atomic mass is 10.2. The van der Waals surface area contributed by atoms with Gasteiger partial charge in [-0.3, -0.25) is 9.59 Å². The van der Waals surface area contributed by atoms with Crippen molar-refractivity contribution in [3.05, 3.63) is 60.7 Å². The molecule has 3 rings (SSSR count). The second-order valence-electron chi connectivity index (χ2n) is 6.73. The molecule has 0 radical (unpaired) electrons. The van der Waals surface area contributed by atoms with E-state index in [2.05, 4.69) is 0 Å². The quantitative estimate of drug-likeness (QED) is 0.612. The Morgan fingerprint density at radius 1 is 1.00 bits per heavy atom. The summed E-state index contributed by atoms with van der Waals surface area (Å²) in [5, 5.41) is 0. The fourth-order valence-corrected chi connectivity index (χ4v) is 4.88. The molecule has 1 aliphatic heterocycles. The van der Waals surface area contributed by atoms with Crippen molar-refractivity contribution in [1.82, 2.24) is 0 Å². The molecule has 8 heteroatoms. The van der Waals surface area contributed by atoms with Crippen molar-refractivity contribution in [2.24, 2.45) is 0 Å². The number of rotatable bonds is 8. The van der Waals surface area contributed by atoms with Crippen molar-refractivity contribution in [1.29, 1.82) is 0 Å². The zero-order valence-corrected chi connectivity index (χ0v) is 16.7. The molecule has 29 heavy (non-hydrogen) atoms. The fourth-order valence-electron chi connectivity index (χ4n) is 3.18. The molecule has 2 aromatic carbocycles. The van der Waals surface area contributed by atoms with E-state index in [1.807, 2.05) is 24.3 Å². The Morgan fingerprint density at radius 3 is 2.28 bits per heavy atom. The van der Waals surface area contributed by atoms with Gasteiger partial charge in [-0.2, -0.15) is 0 Å². The summed E-state index contributed by atoms with van der Waals surface area (Å²) in [6, 6.07) is 17.4. The Balaban J connectivity index is 1.55. The number of hydrogen-bond acceptors (Lipinski definition) is 6. The lowest BCUT2D eigenvalue weighted by molar-refractivity contribution is -0.148. The third kappa shape index (κ3) is 6.05. The van der Waals surface area contributed by atoms with Gasteiger partial charge in [-0.05, 0) is 30.7 Å². The van der Waals surface area contributed by atoms with E-state index in [1.165, 1.54) is 4.90 Å². The second-order valence-corrected chi connectivity index (χ2v) is 8.96. The highest BCUT2D eigenvalue weighted by molar-refractivity contribution is 7.91. The van der Waals surface area contributed by atoms with E-state index in [0.29, 0.717) is 17.9 Å². The van der Waals surface area contributed by atoms with Crippen LogP contribution in [0.3, 0.4) is 0 Å². The van der Waals surface area contributed by atoms with Crippen molar-refractivity contribution in [3.8, 4) is 5.75 Å². The van der Waals surface area contributed by atoms with Gasteiger partial charge in [0.05, 0.1) is 30.6 Å². The van der Waals surface area contributed by atoms with Crippen LogP contribution in [-0.2, 0) is 24.2 Å². The van der Waals surface area contributed by atoms with E-state index in [0.717, 1.165) is 0 Å². The summed E-state index contributed by atoms with van der Waals surface area (Å²) in [6.07, 6.45) is 0.368. The van der Waals surface area contributed by atoms with Gasteiger partial charge in [0, 0.05) is 5.69 Å². The molecular weight excluding hydrogens is 394 g/mol. The van der Waals surface area contributed by atoms with Gasteiger partial charge in [-0.1, -0.05) is 36.4 Å². The van der Waals surface area contributed by atoms with Crippen LogP contribution >= 0.6 is 0 Å². The summed E-state index contributed by atoms with van der Waals surface area (Å²) in [6.45, 7) is -0.310. The predicted molar refractivity (Wildman–Crippen MR) is 108 cm³/mol. The molecule has 0 aliphatic carbocycles. The molecule has 0 spiro atoms. The Hall–Kier alpha value is -2.87. The van der Waals surface area contributed by atoms with Crippen LogP contribution in [0.5, 0.6) is 5.75 Å². The number of anilines is 1. The van der Waals surface area contributed by atoms with Crippen LogP contribution in [0.15, 0.2) is 60.7 Å². The zero-order valence-electron chi connectivity index (χ0n) is 15.9. The van der Waals surface area contributed by atoms with Gasteiger partial charge < -0.3 is 14.4 Å². The summed E-state index contributed by atoms with van der Waals surface area (Å²) in [7, 11) is -3.17. The Bertz CT molecular complexity index is 930. The number of ether oxygens (including phenoxy) is 2. The number of esters is 1. The van der Waals surface area contributed by atoms with Crippen LogP contribution in [0.4, 0.5) is 5.69 Å². The molecule has 7 nitrogen and oxygen atoms in total. The molecule has 154 valence electrons. The number of nitrogens with zero attached hydrogens (tertiary/aromatic N) is 1. The van der Waals surface area contributed by atoms with E-state index < -0.39 is 34.4 Å². The van der Waals surface area contributed by atoms with E-state index in [4.69, 9.17) is 9.47 Å². The molecule has 1 saturated heterocycles. The molecule has 1 aliphatic rings. The first-order valence-corrected chi connectivity index (χ1v) is 11.2. The predicted octanol–water partition coefficient (Wildman–Crippen LogP) is 2.22. The minimum absolute atomic E-state index is 0.00528. The molecular formula is C21H23NO6S. The van der Waals surface area contributed by atoms with Crippen molar-refractivity contribution in [3.63, 3.8) is 0 Å². The highest BCUT2D eigenvalue weighted by Crippen LogP contribution is 2.24. The van der Waals surface area contributed by atoms with Crippen LogP contribution in [0.2, 0.25) is 0 Å². The number of carbonyl (C=O) groups is 2. The molecule has 0 N–H and O–H groups in total. The van der Waals surface area contributed by atoms with E-state index >= 15 is 0 Å². The highest BCUT2D eigenvalue weighted by atomic mass is 32.2. The first kappa shape index (κ1) is 20.9. The lowest BCUT2D eigenvalue weighted by Crippen LogP contribution is -2.43. The first-order valence-electron chi connectivity index (χ1n) is 9.35. The summed E-state index contributed by atoms with van der Waals surface area (Å²) in [5.74, 6) is -0.400. The number of sulfone groups is 1. The monoisotopic (exact) mass is 417 g/mol. The van der Waals surface area contributed by atoms with Crippen LogP contribution in [0, 0.1) is 0 Å². The number of carbonyl (C=O) groups excluding carboxylic acids is 2. The molecule has 1 heterocycles. The van der Waals surface area contributed by atoms with Gasteiger partial charge in [0.15, 0.2) is 16.4 Å². The summed E-state index contributed by atoms with van der Waals surface area (Å²) in [5.41, 5.74) is 0.586. The summed E-state index contributed by atoms with van der Waals surface area (Å²) >= 11 is 0. The number of hydrogen-bond donors (Lipinski definition) is 0. The van der Waals surface area contributed by atoms with Crippen LogP contribution in [-0.4, -0.2) is 51.1 Å². The highest BCUT2D eigenvalue weighted by Gasteiger charge is 2.35. The maximum Gasteiger partial charge on any atom is 0.309 e. The van der Waals surface area contributed by atoms with Crippen molar-refractivity contribution >= 4 is 27.4 Å². The number of para-hydroxylation sites is 2. The van der Waals surface area contributed by atoms with Gasteiger partial charge in [-0.25, -0.2) is 8.42 Å². The maximum absolute atomic E-state index is 12.8. The lowest BCUT2D eigenvalue weighted by Gasteiger charge is -2.28. The summed E-state index contributed by atoms with van der Waals surface area (Å²) in [4.78, 5) is 26.1. The number of benzene rings is 2. The van der Waals surface area contributed by atoms with E-state index in [9.17, 15) is 18.0 Å². The minimum atomic E-state index is -3.17. The van der Waals surface area contributed by atoms with Crippen molar-refractivity contribution < 1.29 is 27.5 Å². The van der Waals surface area contributed by atoms with Gasteiger partial charge in [0.1, 0.15) is 5.75 Å². The molecule has 1 atom stereocenters. The zero-order chi connectivity index (χ0) is 20.7. The molecule has 0 aromatic heterocycles. The fraction of sp³-hybridized carbons (Fsp3) is 0.333. The van der Waals surface area contributed by atoms with Crippen molar-refractivity contribution in [2.45, 2.75) is 18.9 Å². The average molecular weight is 417 g/mol. The van der Waals surface area contributed by atoms with E-state index in [-0.39, 0.29) is 24.5 Å². The van der Waals surface area contributed by atoms with Gasteiger partial charge >= 0.3 is 5.97 Å². The van der Waals surface area contributed by atoms with Crippen LogP contribution < -0.4 is 9.64 Å². The standard InChI is InChI=1S/C21H23NO6S/c23-20(15-28-21(24)11-13-27-19-9-5-2-6-10-19)22(17-7-3-1-4-8-17)18-12-14-29(25,26)16-18/h1-10,18H,11-16H2/t18-/m1/s1. The SMILES string of the molecule is O=C(CCOc1ccccc1)OCC(=O)N(c1ccccc1)[C@@H]1CCS(=O)(=O)C1. The first-order chi connectivity index (χ1) is 13.9. The molecule has 0 saturated carbocycles. The van der Waals surface area contributed by atoms with Crippen molar-refractivity contribution in [2.75, 3.05) is 29.6 Å². The van der Waals surface area contributed by atoms with Gasteiger partial charge in [-0.15, -0.1) is 0 Å². The van der Waals surface area contributed by atoms with Crippen LogP contribution in [0.25, 0.3) is 0 Å². The molecule has 1 amide bonds. The third-order valence-corrected chi connectivity index (χ3v) is 6.30. The van der Waals surface area contributed by atoms with Crippen LogP contribution in [0.1, 0.15) is 12.8 Å². The Labute approximate surface area is 170 Å². The second kappa shape index (κ2) is 9.56. The topological polar surface area (TPSA) is 90.0 Å². The molecule has 0 unspecified atom stereocenters. The third-order valence-electron chi connectivity index (χ3n) is 4.55. The summed E-state index contributed by atoms with van der Waals surface area (Å²) < 4.78 is 34.3. The van der Waals surface area contributed by atoms with Gasteiger partial charge in [0.2, 0.25) is 0 Å². The normalized spacial score (nSPS) is 17.4. The smallest absolute Gasteiger partial charge is 0.309 e. The molecule has 0 bridgehead atoms. The average Bonchev–Trinajstić information content (AvgIpc) is 3.07. The molecule has 1 fully saturated rings. The minimum Gasteiger partial charge on any atom is -0.493 e. The largest absolute Gasteiger partial charge is 0.493 e. The Kier molecular flexibility index (Phi) is 6.87. The number of amides is 1. The Morgan fingerprint density at radius 2 is 1.66 bits per heavy atom. The van der Waals surface area contributed by atoms with E-state index in [1.54, 1.807) is 36.4 Å². The molecule has 2 aromatic rings.